The maximum atomic E-state index is 12.9. The number of unbranched alkanes of at least 4 members (excludes halogenated alkanes) is 3. The minimum absolute atomic E-state index is 0.0607. The molecule has 3 unspecified atom stereocenters. The van der Waals surface area contributed by atoms with Crippen molar-refractivity contribution in [3.05, 3.63) is 182 Å². The molecule has 0 saturated heterocycles. The molecule has 0 aromatic heterocycles. The summed E-state index contributed by atoms with van der Waals surface area (Å²) in [4.78, 5) is 48.5. The molecule has 0 aliphatic rings. The van der Waals surface area contributed by atoms with Crippen LogP contribution in [0.2, 0.25) is 0 Å². The molecule has 78 heavy (non-hydrogen) atoms. The number of hydrogen-bond donors (Lipinski definition) is 2. The molecule has 12 heteroatoms. The molecule has 0 bridgehead atoms. The SMILES string of the molecule is CC/C=C\C/C=C\C/C=C\C/C=C\C/C=C\CCCC(=O)OCC(COP(=O)(O)OCC(CO)OC(=O)CCC/C=C\C/C=C\C/C=C\C/C=C\C/C=C\CC)OC(=O)CCC/C=C\C/C=C\C/C=C\C/C=C\C/C=C\CC. The topological polar surface area (TPSA) is 155 Å². The number of ether oxygens (including phenoxy) is 3. The van der Waals surface area contributed by atoms with Crippen LogP contribution in [-0.4, -0.2) is 66.5 Å². The van der Waals surface area contributed by atoms with E-state index in [0.29, 0.717) is 38.5 Å². The summed E-state index contributed by atoms with van der Waals surface area (Å²) >= 11 is 0. The average molecular weight is 1100 g/mol. The Bertz CT molecular complexity index is 2010. The molecule has 0 saturated carbocycles. The van der Waals surface area contributed by atoms with E-state index in [2.05, 4.69) is 167 Å². The molecule has 3 atom stereocenters. The van der Waals surface area contributed by atoms with E-state index in [9.17, 15) is 28.9 Å². The Morgan fingerprint density at radius 1 is 0.359 bits per heavy atom. The van der Waals surface area contributed by atoms with Crippen LogP contribution in [0.1, 0.15) is 175 Å². The molecular weight excluding hydrogens is 1000 g/mol. The average Bonchev–Trinajstić information content (AvgIpc) is 3.43. The molecule has 0 aromatic rings. The number of phosphoric ester groups is 1. The number of carbonyl (C=O) groups excluding carboxylic acids is 3. The van der Waals surface area contributed by atoms with Crippen molar-refractivity contribution in [1.82, 2.24) is 0 Å². The van der Waals surface area contributed by atoms with E-state index < -0.39 is 64.4 Å². The molecule has 0 radical (unpaired) electrons. The summed E-state index contributed by atoms with van der Waals surface area (Å²) in [6.07, 6.45) is 78.7. The third-order valence-electron chi connectivity index (χ3n) is 10.8. The van der Waals surface area contributed by atoms with Crippen molar-refractivity contribution in [2.45, 2.75) is 187 Å². The van der Waals surface area contributed by atoms with Crippen molar-refractivity contribution in [2.75, 3.05) is 26.4 Å². The molecule has 0 amide bonds. The molecule has 2 N–H and O–H groups in total. The summed E-state index contributed by atoms with van der Waals surface area (Å²) in [5, 5.41) is 9.81. The predicted molar refractivity (Wildman–Crippen MR) is 324 cm³/mol. The summed E-state index contributed by atoms with van der Waals surface area (Å²) in [6, 6.07) is 0. The number of phosphoric acid groups is 1. The van der Waals surface area contributed by atoms with Gasteiger partial charge in [-0.1, -0.05) is 203 Å². The third-order valence-corrected chi connectivity index (χ3v) is 11.8. The summed E-state index contributed by atoms with van der Waals surface area (Å²) in [5.41, 5.74) is 0. The molecule has 0 aliphatic heterocycles. The first-order valence-electron chi connectivity index (χ1n) is 28.7. The van der Waals surface area contributed by atoms with Crippen molar-refractivity contribution in [3.63, 3.8) is 0 Å². The van der Waals surface area contributed by atoms with E-state index in [0.717, 1.165) is 96.3 Å². The number of aliphatic hydroxyl groups excluding tert-OH is 1. The number of aliphatic hydroxyl groups is 1. The Kier molecular flexibility index (Phi) is 53.7. The fourth-order valence-electron chi connectivity index (χ4n) is 6.58. The van der Waals surface area contributed by atoms with E-state index in [-0.39, 0.29) is 19.3 Å². The molecule has 0 fully saturated rings. The summed E-state index contributed by atoms with van der Waals surface area (Å²) in [6.45, 7) is 4.07. The molecule has 11 nitrogen and oxygen atoms in total. The van der Waals surface area contributed by atoms with Gasteiger partial charge in [-0.3, -0.25) is 23.4 Å². The second-order valence-corrected chi connectivity index (χ2v) is 19.4. The lowest BCUT2D eigenvalue weighted by atomic mass is 10.2. The van der Waals surface area contributed by atoms with Crippen molar-refractivity contribution < 1.29 is 52.2 Å². The van der Waals surface area contributed by atoms with Gasteiger partial charge in [0.15, 0.2) is 6.10 Å². The second kappa shape index (κ2) is 57.7. The van der Waals surface area contributed by atoms with Crippen LogP contribution in [0.4, 0.5) is 0 Å². The number of esters is 3. The fourth-order valence-corrected chi connectivity index (χ4v) is 7.36. The largest absolute Gasteiger partial charge is 0.472 e. The Hall–Kier alpha value is -5.42. The lowest BCUT2D eigenvalue weighted by molar-refractivity contribution is -0.161. The van der Waals surface area contributed by atoms with Gasteiger partial charge in [0.1, 0.15) is 12.7 Å². The number of carbonyl (C=O) groups is 3. The van der Waals surface area contributed by atoms with E-state index >= 15 is 0 Å². The van der Waals surface area contributed by atoms with Gasteiger partial charge in [-0.05, 0) is 135 Å². The van der Waals surface area contributed by atoms with Crippen LogP contribution >= 0.6 is 7.82 Å². The maximum absolute atomic E-state index is 12.9. The summed E-state index contributed by atoms with van der Waals surface area (Å²) < 4.78 is 39.3. The normalized spacial score (nSPS) is 14.7. The number of allylic oxidation sites excluding steroid dienone is 30. The van der Waals surface area contributed by atoms with Crippen LogP contribution in [-0.2, 0) is 42.2 Å². The zero-order valence-electron chi connectivity index (χ0n) is 47.8. The highest BCUT2D eigenvalue weighted by molar-refractivity contribution is 7.47. The lowest BCUT2D eigenvalue weighted by Crippen LogP contribution is -2.30. The first-order chi connectivity index (χ1) is 38.2. The molecule has 434 valence electrons. The number of rotatable bonds is 50. The zero-order valence-corrected chi connectivity index (χ0v) is 48.7. The van der Waals surface area contributed by atoms with Crippen LogP contribution in [0, 0.1) is 0 Å². The van der Waals surface area contributed by atoms with Gasteiger partial charge in [0.25, 0.3) is 0 Å². The zero-order chi connectivity index (χ0) is 56.9. The molecule has 0 rings (SSSR count). The van der Waals surface area contributed by atoms with Crippen molar-refractivity contribution >= 4 is 25.7 Å². The van der Waals surface area contributed by atoms with E-state index in [1.807, 2.05) is 36.5 Å². The lowest BCUT2D eigenvalue weighted by Gasteiger charge is -2.21. The van der Waals surface area contributed by atoms with E-state index in [1.165, 1.54) is 0 Å². The third kappa shape index (κ3) is 55.3. The van der Waals surface area contributed by atoms with Gasteiger partial charge < -0.3 is 24.2 Å². The van der Waals surface area contributed by atoms with Crippen molar-refractivity contribution in [1.29, 1.82) is 0 Å². The summed E-state index contributed by atoms with van der Waals surface area (Å²) in [7, 11) is -4.81. The standard InChI is InChI=1S/C66H99O11P/c1-4-7-10-13-16-19-22-25-28-31-34-37-40-43-46-49-52-55-64(68)73-59-63(77-66(70)57-54-51-48-45-42-39-36-33-30-27-24-21-18-15-12-9-6-3)61-75-78(71,72)74-60-62(58-67)76-65(69)56-53-50-47-44-41-38-35-32-29-26-23-20-17-14-11-8-5-2/h7-12,16-21,25-30,34-39,43-48,62-63,67H,4-6,13-15,22-24,31-33,40-42,49-61H2,1-3H3,(H,71,72)/b10-7-,11-8-,12-9-,19-16-,20-17-,21-18-,28-25-,29-26-,30-27-,37-34-,38-35-,39-36-,46-43-,47-44-,48-45-. The maximum Gasteiger partial charge on any atom is 0.472 e. The fraction of sp³-hybridized carbons (Fsp3) is 0.500. The summed E-state index contributed by atoms with van der Waals surface area (Å²) in [5.74, 6) is -1.70. The van der Waals surface area contributed by atoms with Crippen LogP contribution in [0.15, 0.2) is 182 Å². The molecular formula is C66H99O11P. The van der Waals surface area contributed by atoms with Gasteiger partial charge in [0.05, 0.1) is 19.8 Å². The predicted octanol–water partition coefficient (Wildman–Crippen LogP) is 17.2. The van der Waals surface area contributed by atoms with Crippen LogP contribution < -0.4 is 0 Å². The monoisotopic (exact) mass is 1100 g/mol. The van der Waals surface area contributed by atoms with Crippen LogP contribution in [0.5, 0.6) is 0 Å². The first kappa shape index (κ1) is 72.6. The minimum Gasteiger partial charge on any atom is -0.462 e. The molecule has 0 aromatic carbocycles. The van der Waals surface area contributed by atoms with Crippen LogP contribution in [0.25, 0.3) is 0 Å². The molecule has 0 aliphatic carbocycles. The Balaban J connectivity index is 4.98. The molecule has 0 spiro atoms. The highest BCUT2D eigenvalue weighted by Gasteiger charge is 2.28. The van der Waals surface area contributed by atoms with Gasteiger partial charge in [-0.15, -0.1) is 0 Å². The van der Waals surface area contributed by atoms with Gasteiger partial charge in [-0.25, -0.2) is 4.57 Å². The molecule has 0 heterocycles. The highest BCUT2D eigenvalue weighted by atomic mass is 31.2. The number of hydrogen-bond acceptors (Lipinski definition) is 10. The van der Waals surface area contributed by atoms with E-state index in [4.69, 9.17) is 23.3 Å². The first-order valence-corrected chi connectivity index (χ1v) is 30.2. The van der Waals surface area contributed by atoms with Gasteiger partial charge >= 0.3 is 25.7 Å². The van der Waals surface area contributed by atoms with Gasteiger partial charge in [0.2, 0.25) is 0 Å². The van der Waals surface area contributed by atoms with Crippen LogP contribution in [0.3, 0.4) is 0 Å². The Labute approximate surface area is 471 Å². The highest BCUT2D eigenvalue weighted by Crippen LogP contribution is 2.43. The van der Waals surface area contributed by atoms with Gasteiger partial charge in [-0.2, -0.15) is 0 Å². The van der Waals surface area contributed by atoms with Gasteiger partial charge in [0, 0.05) is 19.3 Å². The smallest absolute Gasteiger partial charge is 0.462 e. The minimum atomic E-state index is -4.81. The van der Waals surface area contributed by atoms with Crippen molar-refractivity contribution in [2.24, 2.45) is 0 Å². The Morgan fingerprint density at radius 3 is 0.885 bits per heavy atom. The quantitative estimate of drug-likeness (QED) is 0.0197. The van der Waals surface area contributed by atoms with E-state index in [1.54, 1.807) is 0 Å². The Morgan fingerprint density at radius 2 is 0.603 bits per heavy atom. The second-order valence-electron chi connectivity index (χ2n) is 18.0. The van der Waals surface area contributed by atoms with Crippen molar-refractivity contribution in [3.8, 4) is 0 Å².